The van der Waals surface area contributed by atoms with Gasteiger partial charge in [0.25, 0.3) is 0 Å². The zero-order valence-electron chi connectivity index (χ0n) is 10.5. The Morgan fingerprint density at radius 2 is 2.22 bits per heavy atom. The van der Waals surface area contributed by atoms with Crippen molar-refractivity contribution >= 4 is 11.6 Å². The molecule has 0 amide bonds. The zero-order chi connectivity index (χ0) is 13.1. The number of aliphatic hydroxyl groups excluding tert-OH is 1. The van der Waals surface area contributed by atoms with E-state index in [1.54, 1.807) is 13.2 Å². The van der Waals surface area contributed by atoms with Crippen LogP contribution < -0.4 is 4.74 Å². The Morgan fingerprint density at radius 3 is 2.94 bits per heavy atom. The fourth-order valence-electron chi connectivity index (χ4n) is 1.91. The number of rotatable bonds is 3. The third-order valence-electron chi connectivity index (χ3n) is 2.96. The second-order valence-electron chi connectivity index (χ2n) is 4.28. The van der Waals surface area contributed by atoms with Crippen LogP contribution in [0.4, 0.5) is 0 Å². The van der Waals surface area contributed by atoms with Crippen LogP contribution in [0.2, 0.25) is 0 Å². The van der Waals surface area contributed by atoms with E-state index in [2.05, 4.69) is 4.90 Å². The number of nitrogens with zero attached hydrogens (tertiary/aromatic N) is 1. The molecule has 0 fully saturated rings. The SMILES string of the molecule is COc1cccc(CN2CC(Cl)=C(O)C=C2C)c1. The topological polar surface area (TPSA) is 32.7 Å². The molecule has 3 nitrogen and oxygen atoms in total. The Kier molecular flexibility index (Phi) is 3.82. The van der Waals surface area contributed by atoms with Crippen LogP contribution in [0.25, 0.3) is 0 Å². The number of methoxy groups -OCH3 is 1. The van der Waals surface area contributed by atoms with Gasteiger partial charge in [0.2, 0.25) is 0 Å². The van der Waals surface area contributed by atoms with E-state index in [-0.39, 0.29) is 5.76 Å². The Bertz CT molecular complexity index is 508. The number of halogens is 1. The monoisotopic (exact) mass is 265 g/mol. The van der Waals surface area contributed by atoms with Crippen LogP contribution in [0, 0.1) is 0 Å². The van der Waals surface area contributed by atoms with E-state index in [1.807, 2.05) is 31.2 Å². The van der Waals surface area contributed by atoms with Crippen molar-refractivity contribution < 1.29 is 9.84 Å². The van der Waals surface area contributed by atoms with Gasteiger partial charge in [-0.1, -0.05) is 23.7 Å². The van der Waals surface area contributed by atoms with E-state index in [9.17, 15) is 5.11 Å². The fourth-order valence-corrected chi connectivity index (χ4v) is 2.11. The number of hydrogen-bond acceptors (Lipinski definition) is 3. The first-order chi connectivity index (χ1) is 8.60. The molecule has 1 heterocycles. The summed E-state index contributed by atoms with van der Waals surface area (Å²) >= 11 is 5.97. The number of ether oxygens (including phenoxy) is 1. The molecule has 4 heteroatoms. The number of allylic oxidation sites excluding steroid dienone is 2. The molecule has 96 valence electrons. The van der Waals surface area contributed by atoms with Gasteiger partial charge in [-0.15, -0.1) is 0 Å². The molecule has 0 saturated carbocycles. The highest BCUT2D eigenvalue weighted by molar-refractivity contribution is 6.30. The Hall–Kier alpha value is -1.61. The Labute approximate surface area is 112 Å². The van der Waals surface area contributed by atoms with Crippen molar-refractivity contribution in [2.45, 2.75) is 13.5 Å². The maximum Gasteiger partial charge on any atom is 0.133 e. The van der Waals surface area contributed by atoms with Crippen LogP contribution in [-0.4, -0.2) is 23.7 Å². The molecule has 1 aliphatic heterocycles. The molecule has 0 bridgehead atoms. The van der Waals surface area contributed by atoms with Gasteiger partial charge in [-0.2, -0.15) is 0 Å². The van der Waals surface area contributed by atoms with E-state index < -0.39 is 0 Å². The van der Waals surface area contributed by atoms with Gasteiger partial charge in [0.15, 0.2) is 0 Å². The lowest BCUT2D eigenvalue weighted by atomic mass is 10.1. The molecule has 1 N–H and O–H groups in total. The van der Waals surface area contributed by atoms with Crippen molar-refractivity contribution in [1.29, 1.82) is 0 Å². The van der Waals surface area contributed by atoms with Crippen LogP contribution >= 0.6 is 11.6 Å². The minimum Gasteiger partial charge on any atom is -0.507 e. The standard InChI is InChI=1S/C14H16ClNO2/c1-10-6-14(17)13(15)9-16(10)8-11-4-3-5-12(7-11)18-2/h3-7,17H,8-9H2,1-2H3. The average Bonchev–Trinajstić information content (AvgIpc) is 2.36. The molecule has 0 aromatic heterocycles. The number of hydrogen-bond donors (Lipinski definition) is 1. The molecule has 0 saturated heterocycles. The minimum absolute atomic E-state index is 0.163. The molecule has 1 aromatic rings. The van der Waals surface area contributed by atoms with Gasteiger partial charge in [-0.25, -0.2) is 0 Å². The van der Waals surface area contributed by atoms with Gasteiger partial charge in [0.1, 0.15) is 11.5 Å². The quantitative estimate of drug-likeness (QED) is 0.909. The van der Waals surface area contributed by atoms with Gasteiger partial charge in [0.05, 0.1) is 18.7 Å². The summed E-state index contributed by atoms with van der Waals surface area (Å²) in [4.78, 5) is 2.11. The van der Waals surface area contributed by atoms with Crippen LogP contribution in [-0.2, 0) is 6.54 Å². The molecular formula is C14H16ClNO2. The van der Waals surface area contributed by atoms with Crippen molar-refractivity contribution in [1.82, 2.24) is 4.90 Å². The van der Waals surface area contributed by atoms with Crippen molar-refractivity contribution in [3.05, 3.63) is 52.4 Å². The second-order valence-corrected chi connectivity index (χ2v) is 4.74. The fraction of sp³-hybridized carbons (Fsp3) is 0.286. The Morgan fingerprint density at radius 1 is 1.44 bits per heavy atom. The summed E-state index contributed by atoms with van der Waals surface area (Å²) in [7, 11) is 1.66. The highest BCUT2D eigenvalue weighted by Gasteiger charge is 2.16. The third kappa shape index (κ3) is 2.79. The maximum absolute atomic E-state index is 9.54. The maximum atomic E-state index is 9.54. The predicted octanol–water partition coefficient (Wildman–Crippen LogP) is 3.42. The molecule has 18 heavy (non-hydrogen) atoms. The Balaban J connectivity index is 2.13. The van der Waals surface area contributed by atoms with E-state index in [4.69, 9.17) is 16.3 Å². The first-order valence-electron chi connectivity index (χ1n) is 5.74. The minimum atomic E-state index is 0.163. The third-order valence-corrected chi connectivity index (χ3v) is 3.27. The zero-order valence-corrected chi connectivity index (χ0v) is 11.2. The molecule has 0 aliphatic carbocycles. The number of aliphatic hydroxyl groups is 1. The molecule has 0 spiro atoms. The summed E-state index contributed by atoms with van der Waals surface area (Å²) in [6, 6.07) is 7.93. The molecule has 1 aromatic carbocycles. The van der Waals surface area contributed by atoms with Gasteiger partial charge >= 0.3 is 0 Å². The summed E-state index contributed by atoms with van der Waals surface area (Å²) in [5.41, 5.74) is 2.15. The number of benzene rings is 1. The summed E-state index contributed by atoms with van der Waals surface area (Å²) in [5, 5.41) is 10.0. The van der Waals surface area contributed by atoms with Gasteiger partial charge < -0.3 is 14.7 Å². The smallest absolute Gasteiger partial charge is 0.133 e. The molecular weight excluding hydrogens is 250 g/mol. The van der Waals surface area contributed by atoms with Crippen LogP contribution in [0.3, 0.4) is 0 Å². The lowest BCUT2D eigenvalue weighted by molar-refractivity contribution is 0.337. The van der Waals surface area contributed by atoms with Crippen molar-refractivity contribution in [2.75, 3.05) is 13.7 Å². The molecule has 2 rings (SSSR count). The predicted molar refractivity (Wildman–Crippen MR) is 72.7 cm³/mol. The summed E-state index contributed by atoms with van der Waals surface area (Å²) in [5.74, 6) is 1.01. The van der Waals surface area contributed by atoms with Crippen LogP contribution in [0.15, 0.2) is 46.8 Å². The summed E-state index contributed by atoms with van der Waals surface area (Å²) in [6.45, 7) is 3.23. The largest absolute Gasteiger partial charge is 0.507 e. The summed E-state index contributed by atoms with van der Waals surface area (Å²) in [6.07, 6.45) is 1.69. The van der Waals surface area contributed by atoms with Crippen molar-refractivity contribution in [3.63, 3.8) is 0 Å². The molecule has 1 aliphatic rings. The van der Waals surface area contributed by atoms with Crippen molar-refractivity contribution in [3.8, 4) is 5.75 Å². The lowest BCUT2D eigenvalue weighted by Gasteiger charge is -2.28. The summed E-state index contributed by atoms with van der Waals surface area (Å²) < 4.78 is 5.20. The lowest BCUT2D eigenvalue weighted by Crippen LogP contribution is -2.26. The first-order valence-corrected chi connectivity index (χ1v) is 6.11. The first kappa shape index (κ1) is 12.8. The highest BCUT2D eigenvalue weighted by atomic mass is 35.5. The van der Waals surface area contributed by atoms with Gasteiger partial charge in [0, 0.05) is 18.3 Å². The van der Waals surface area contributed by atoms with E-state index in [0.717, 1.165) is 23.6 Å². The van der Waals surface area contributed by atoms with E-state index >= 15 is 0 Å². The average molecular weight is 266 g/mol. The van der Waals surface area contributed by atoms with E-state index in [0.29, 0.717) is 11.6 Å². The van der Waals surface area contributed by atoms with Gasteiger partial charge in [-0.05, 0) is 24.6 Å². The molecule has 0 unspecified atom stereocenters. The van der Waals surface area contributed by atoms with Crippen molar-refractivity contribution in [2.24, 2.45) is 0 Å². The van der Waals surface area contributed by atoms with Crippen LogP contribution in [0.1, 0.15) is 12.5 Å². The van der Waals surface area contributed by atoms with Crippen LogP contribution in [0.5, 0.6) is 5.75 Å². The molecule has 0 radical (unpaired) electrons. The highest BCUT2D eigenvalue weighted by Crippen LogP contribution is 2.24. The normalized spacial score (nSPS) is 15.7. The molecule has 0 atom stereocenters. The second kappa shape index (κ2) is 5.36. The van der Waals surface area contributed by atoms with E-state index in [1.165, 1.54) is 0 Å². The van der Waals surface area contributed by atoms with Gasteiger partial charge in [-0.3, -0.25) is 0 Å².